The number of primary amides is 3. The fourth-order valence-corrected chi connectivity index (χ4v) is 16.0. The molecule has 45 heteroatoms. The Morgan fingerprint density at radius 3 is 1.36 bits per heavy atom. The minimum atomic E-state index is -1.99. The molecule has 0 saturated heterocycles. The third-order valence-electron chi connectivity index (χ3n) is 21.6. The van der Waals surface area contributed by atoms with Crippen LogP contribution in [0.2, 0.25) is 0 Å². The normalized spacial score (nSPS) is 19.5. The Morgan fingerprint density at radius 1 is 0.445 bits per heavy atom. The monoisotopic (exact) mass is 1940 g/mol. The molecule has 3 aliphatic rings. The molecular formula is C92H124N18O25S2. The van der Waals surface area contributed by atoms with Gasteiger partial charge in [-0.3, -0.25) is 91.1 Å². The molecule has 0 fully saturated rings. The summed E-state index contributed by atoms with van der Waals surface area (Å²) in [5.41, 5.74) is 20.3. The predicted octanol–water partition coefficient (Wildman–Crippen LogP) is -3.50. The summed E-state index contributed by atoms with van der Waals surface area (Å²) in [7, 11) is 0. The number of aliphatic hydroxyl groups is 3. The second-order valence-electron chi connectivity index (χ2n) is 33.8. The number of thioether (sulfide) groups is 2. The van der Waals surface area contributed by atoms with Crippen LogP contribution in [-0.4, -0.2) is 265 Å². The molecule has 0 radical (unpaired) electrons. The van der Waals surface area contributed by atoms with Crippen molar-refractivity contribution in [3.05, 3.63) is 155 Å². The number of carboxylic acid groups (broad SMARTS) is 1. The number of phenolic OH excluding ortho intramolecular Hbond substituents is 2. The number of phenols is 2. The number of carbonyl (C=O) groups excluding carboxylic acids is 18. The number of nitrogens with two attached hydrogens (primary N) is 3. The number of hydrogen-bond acceptors (Lipinski definition) is 26. The van der Waals surface area contributed by atoms with E-state index < -0.39 is 286 Å². The van der Waals surface area contributed by atoms with E-state index in [2.05, 4.69) is 79.8 Å². The number of benzene rings is 5. The van der Waals surface area contributed by atoms with Gasteiger partial charge in [-0.15, -0.1) is 0 Å². The van der Waals surface area contributed by atoms with Crippen molar-refractivity contribution in [2.45, 2.75) is 215 Å². The first-order valence-corrected chi connectivity index (χ1v) is 46.6. The van der Waals surface area contributed by atoms with Crippen molar-refractivity contribution in [2.24, 2.45) is 35.0 Å². The lowest BCUT2D eigenvalue weighted by Gasteiger charge is -2.29. The molecule has 0 aromatic heterocycles. The summed E-state index contributed by atoms with van der Waals surface area (Å²) in [6.07, 6.45) is -4.67. The van der Waals surface area contributed by atoms with Gasteiger partial charge in [0.2, 0.25) is 106 Å². The summed E-state index contributed by atoms with van der Waals surface area (Å²) < 4.78 is 0. The highest BCUT2D eigenvalue weighted by Gasteiger charge is 2.40. The maximum Gasteiger partial charge on any atom is 0.303 e. The van der Waals surface area contributed by atoms with E-state index in [1.54, 1.807) is 120 Å². The molecule has 0 unspecified atom stereocenters. The Hall–Kier alpha value is -13.8. The smallest absolute Gasteiger partial charge is 0.303 e. The second kappa shape index (κ2) is 56.5. The van der Waals surface area contributed by atoms with Crippen LogP contribution in [0.25, 0.3) is 11.1 Å². The van der Waals surface area contributed by atoms with Crippen molar-refractivity contribution in [3.8, 4) is 22.6 Å². The van der Waals surface area contributed by atoms with Gasteiger partial charge in [-0.2, -0.15) is 23.5 Å². The molecule has 0 aliphatic carbocycles. The number of nitrogens with one attached hydrogen (secondary N) is 15. The van der Waals surface area contributed by atoms with Crippen molar-refractivity contribution in [1.82, 2.24) is 79.8 Å². The van der Waals surface area contributed by atoms with Gasteiger partial charge >= 0.3 is 5.97 Å². The maximum absolute atomic E-state index is 15.4. The van der Waals surface area contributed by atoms with Gasteiger partial charge in [-0.05, 0) is 107 Å². The van der Waals surface area contributed by atoms with Crippen molar-refractivity contribution in [3.63, 3.8) is 0 Å². The molecule has 3 aliphatic heterocycles. The molecule has 15 atom stereocenters. The van der Waals surface area contributed by atoms with E-state index in [0.717, 1.165) is 23.5 Å². The molecule has 18 amide bonds. The molecule has 0 saturated carbocycles. The highest BCUT2D eigenvalue weighted by molar-refractivity contribution is 7.98. The second-order valence-corrected chi connectivity index (χ2v) is 35.9. The van der Waals surface area contributed by atoms with E-state index in [1.807, 2.05) is 0 Å². The van der Waals surface area contributed by atoms with Crippen LogP contribution in [-0.2, 0) is 122 Å². The number of carboxylic acids is 1. The topological polar surface area (TPSA) is 704 Å². The Labute approximate surface area is 799 Å². The minimum absolute atomic E-state index is 0.0801. The lowest BCUT2D eigenvalue weighted by atomic mass is 9.98. The van der Waals surface area contributed by atoms with E-state index in [1.165, 1.54) is 55.5 Å². The van der Waals surface area contributed by atoms with Crippen molar-refractivity contribution < 1.29 is 122 Å². The summed E-state index contributed by atoms with van der Waals surface area (Å²) in [5.74, 6) is -22.8. The van der Waals surface area contributed by atoms with Gasteiger partial charge in [0, 0.05) is 62.0 Å². The van der Waals surface area contributed by atoms with Gasteiger partial charge < -0.3 is 128 Å². The minimum Gasteiger partial charge on any atom is -0.508 e. The summed E-state index contributed by atoms with van der Waals surface area (Å²) in [4.78, 5) is 266. The van der Waals surface area contributed by atoms with Crippen LogP contribution >= 0.6 is 23.5 Å². The standard InChI is InChI=1S/C92H124N18O25S2/c1-8-50(6)78(97-51(7)114)92(135)108-71(43-113)89(132)105-65(36-52-12-10-9-11-13-52)86(129)109-72-46-136-44-55-14-22-57(23-15-55)58-24-16-56(17-25-58)45-137-47-73(91(134)100-62(31-33-77(120)121)82(125)107-70(42-112)80(123)96-40-76(119)98-69(41-111)79(95)122)110-87(130)67(38-54-20-28-60(116)29-21-54)103-85(128)66(37-53-18-26-59(115)27-19-53)104-88(131)68(39-75(94)118)106-84(127)64(35-49(4)5)102-83(126)63(34-48(2)3)101-81(124)61(99-90(72)133)30-32-74(93)117/h9-29,48-50,61-73,78,111-113,115-116H,8,30-47H2,1-7H3,(H2,93,117)(H2,94,118)(H2,95,122)(H,96,123)(H,97,114)(H,98,119)(H,99,133)(H,100,134)(H,101,124)(H,102,126)(H,103,128)(H,104,131)(H,105,132)(H,106,127)(H,107,125)(H,108,135)(H,109,129)(H,110,130)(H,120,121)/t50-,61-,62-,63-,64-,65-,66-,67-,68-,69-,70-,71-,72+,73-,78-/m0/s1. The average Bonchev–Trinajstić information content (AvgIpc) is 0.845. The number of aromatic hydroxyl groups is 2. The Balaban J connectivity index is 1.48. The highest BCUT2D eigenvalue weighted by atomic mass is 32.2. The average molecular weight is 1950 g/mol. The number of hydrogen-bond donors (Lipinski definition) is 24. The molecular weight excluding hydrogens is 1820 g/mol. The molecule has 8 rings (SSSR count). The fraction of sp³-hybridized carbons (Fsp3) is 0.467. The van der Waals surface area contributed by atoms with Gasteiger partial charge in [0.05, 0.1) is 32.8 Å². The number of carbonyl (C=O) groups is 19. The van der Waals surface area contributed by atoms with Crippen molar-refractivity contribution >= 4 is 136 Å². The molecule has 43 nitrogen and oxygen atoms in total. The molecule has 4 bridgehead atoms. The fourth-order valence-electron chi connectivity index (χ4n) is 14.0. The molecule has 5 aromatic rings. The third kappa shape index (κ3) is 38.8. The lowest BCUT2D eigenvalue weighted by molar-refractivity contribution is -0.139. The van der Waals surface area contributed by atoms with Crippen LogP contribution in [0.15, 0.2) is 127 Å². The Kier molecular flexibility index (Phi) is 46.2. The van der Waals surface area contributed by atoms with Gasteiger partial charge in [-0.25, -0.2) is 0 Å². The first-order valence-electron chi connectivity index (χ1n) is 44.3. The summed E-state index contributed by atoms with van der Waals surface area (Å²) >= 11 is 2.18. The van der Waals surface area contributed by atoms with Gasteiger partial charge in [0.15, 0.2) is 0 Å². The number of amides is 18. The van der Waals surface area contributed by atoms with Crippen LogP contribution in [0, 0.1) is 17.8 Å². The van der Waals surface area contributed by atoms with E-state index in [9.17, 15) is 93.0 Å². The predicted molar refractivity (Wildman–Crippen MR) is 502 cm³/mol. The zero-order valence-electron chi connectivity index (χ0n) is 76.9. The quantitative estimate of drug-likeness (QED) is 0.0182. The van der Waals surface area contributed by atoms with E-state index >= 15 is 28.8 Å². The SMILES string of the molecule is CC[C@H](C)[C@H](NC(C)=O)C(=O)N[C@@H](CO)C(=O)N[C@@H](Cc1ccccc1)C(=O)N[C@@H]1CSCc2ccc(cc2)-c2ccc(cc2)CSC[C@@H](C(=O)N[C@@H](CCC(=O)O)C(=O)N[C@@H](CO)C(=O)NCC(=O)N[C@@H](CO)C(N)=O)NC(=O)[C@H](Cc2ccc(O)cc2)NC(=O)[C@H](Cc2ccc(O)cc2)NC(=O)[C@H](CC(N)=O)NC(=O)[C@H](CC(C)C)NC(=O)[C@H](CC(C)C)NC(=O)[C@H](CCC(N)=O)NC1=O. The van der Waals surface area contributed by atoms with Gasteiger partial charge in [-0.1, -0.05) is 151 Å². The maximum atomic E-state index is 15.4. The van der Waals surface area contributed by atoms with Crippen LogP contribution < -0.4 is 97.0 Å². The van der Waals surface area contributed by atoms with Crippen molar-refractivity contribution in [1.29, 1.82) is 0 Å². The number of rotatable bonds is 39. The van der Waals surface area contributed by atoms with Crippen LogP contribution in [0.5, 0.6) is 11.5 Å². The number of fused-ring (bicyclic) bond motifs is 2. The number of aliphatic hydroxyl groups excluding tert-OH is 3. The van der Waals surface area contributed by atoms with Crippen LogP contribution in [0.1, 0.15) is 128 Å². The largest absolute Gasteiger partial charge is 0.508 e. The molecule has 137 heavy (non-hydrogen) atoms. The first kappa shape index (κ1) is 112. The number of aliphatic carboxylic acids is 1. The zero-order valence-corrected chi connectivity index (χ0v) is 78.5. The summed E-state index contributed by atoms with van der Waals surface area (Å²) in [6, 6.07) is 9.35. The summed E-state index contributed by atoms with van der Waals surface area (Å²) in [6.45, 7) is 7.43. The van der Waals surface area contributed by atoms with E-state index in [4.69, 9.17) is 17.2 Å². The lowest BCUT2D eigenvalue weighted by Crippen LogP contribution is -2.62. The molecule has 27 N–H and O–H groups in total. The first-order chi connectivity index (χ1) is 65.0. The summed E-state index contributed by atoms with van der Waals surface area (Å²) in [5, 5.41) is 98.2. The van der Waals surface area contributed by atoms with E-state index in [0.29, 0.717) is 34.2 Å². The van der Waals surface area contributed by atoms with Crippen LogP contribution in [0.4, 0.5) is 0 Å². The molecule has 744 valence electrons. The zero-order chi connectivity index (χ0) is 101. The molecule has 5 aromatic carbocycles. The van der Waals surface area contributed by atoms with Crippen molar-refractivity contribution in [2.75, 3.05) is 37.9 Å². The molecule has 3 heterocycles. The van der Waals surface area contributed by atoms with Gasteiger partial charge in [0.25, 0.3) is 0 Å². The third-order valence-corrected chi connectivity index (χ3v) is 23.8. The van der Waals surface area contributed by atoms with Gasteiger partial charge in [0.1, 0.15) is 96.1 Å². The molecule has 0 spiro atoms. The highest BCUT2D eigenvalue weighted by Crippen LogP contribution is 2.26. The van der Waals surface area contributed by atoms with E-state index in [-0.39, 0.29) is 64.9 Å². The Bertz CT molecular complexity index is 5010. The van der Waals surface area contributed by atoms with Crippen LogP contribution in [0.3, 0.4) is 0 Å². The Morgan fingerprint density at radius 2 is 0.891 bits per heavy atom.